The smallest absolute Gasteiger partial charge is 0.259 e. The van der Waals surface area contributed by atoms with E-state index in [0.717, 1.165) is 23.2 Å². The number of fused-ring (bicyclic) bond motifs is 1. The van der Waals surface area contributed by atoms with Gasteiger partial charge in [0.1, 0.15) is 0 Å². The number of carbonyl (C=O) groups is 1. The zero-order chi connectivity index (χ0) is 21.0. The van der Waals surface area contributed by atoms with Crippen LogP contribution in [0.5, 0.6) is 0 Å². The average molecular weight is 434 g/mol. The van der Waals surface area contributed by atoms with Crippen LogP contribution in [0.3, 0.4) is 0 Å². The van der Waals surface area contributed by atoms with Crippen molar-refractivity contribution in [3.05, 3.63) is 58.4 Å². The Morgan fingerprint density at radius 1 is 1.21 bits per heavy atom. The number of anilines is 1. The lowest BCUT2D eigenvalue weighted by molar-refractivity contribution is 0.0982. The standard InChI is InChI=1S/C21H24ClN3O3S/c1-4-29(27,28)24-12-15(13-24)7-14-8-17(11-23-10-14)25-20(26)18-6-5-16(22)9-19(18)21(25,2)3/h5-6,8-11,15H,4,7,12-13H2,1-3H3. The number of carbonyl (C=O) groups excluding carboxylic acids is 1. The maximum absolute atomic E-state index is 13.1. The van der Waals surface area contributed by atoms with Crippen LogP contribution in [-0.4, -0.2) is 42.5 Å². The summed E-state index contributed by atoms with van der Waals surface area (Å²) in [7, 11) is -3.11. The lowest BCUT2D eigenvalue weighted by atomic mass is 9.93. The molecule has 0 unspecified atom stereocenters. The Hall–Kier alpha value is -1.96. The van der Waals surface area contributed by atoms with E-state index in [4.69, 9.17) is 11.6 Å². The van der Waals surface area contributed by atoms with Gasteiger partial charge in [0.15, 0.2) is 0 Å². The van der Waals surface area contributed by atoms with Gasteiger partial charge < -0.3 is 0 Å². The highest BCUT2D eigenvalue weighted by atomic mass is 35.5. The zero-order valence-electron chi connectivity index (χ0n) is 16.7. The highest BCUT2D eigenvalue weighted by molar-refractivity contribution is 7.89. The number of hydrogen-bond donors (Lipinski definition) is 0. The van der Waals surface area contributed by atoms with E-state index in [1.807, 2.05) is 26.0 Å². The Kier molecular flexibility index (Phi) is 4.96. The number of hydrogen-bond acceptors (Lipinski definition) is 4. The summed E-state index contributed by atoms with van der Waals surface area (Å²) < 4.78 is 25.3. The van der Waals surface area contributed by atoms with Crippen molar-refractivity contribution in [1.29, 1.82) is 0 Å². The second kappa shape index (κ2) is 7.07. The van der Waals surface area contributed by atoms with Crippen molar-refractivity contribution in [2.75, 3.05) is 23.7 Å². The molecule has 0 spiro atoms. The third-order valence-corrected chi connectivity index (χ3v) is 7.93. The van der Waals surface area contributed by atoms with Crippen LogP contribution in [0, 0.1) is 5.92 Å². The molecular formula is C21H24ClN3O3S. The van der Waals surface area contributed by atoms with E-state index in [1.165, 1.54) is 4.31 Å². The monoisotopic (exact) mass is 433 g/mol. The minimum Gasteiger partial charge on any atom is -0.297 e. The molecule has 2 aliphatic heterocycles. The number of pyridine rings is 1. The summed E-state index contributed by atoms with van der Waals surface area (Å²) in [6, 6.07) is 7.34. The van der Waals surface area contributed by atoms with Crippen LogP contribution in [-0.2, 0) is 22.0 Å². The van der Waals surface area contributed by atoms with Gasteiger partial charge in [-0.2, -0.15) is 0 Å². The highest BCUT2D eigenvalue weighted by Gasteiger charge is 2.44. The normalized spacial score (nSPS) is 19.3. The van der Waals surface area contributed by atoms with Crippen LogP contribution in [0.4, 0.5) is 5.69 Å². The number of rotatable bonds is 5. The van der Waals surface area contributed by atoms with Gasteiger partial charge in [-0.25, -0.2) is 12.7 Å². The number of benzene rings is 1. The lowest BCUT2D eigenvalue weighted by Crippen LogP contribution is -2.51. The first-order chi connectivity index (χ1) is 13.6. The molecule has 29 heavy (non-hydrogen) atoms. The van der Waals surface area contributed by atoms with E-state index < -0.39 is 15.6 Å². The second-order valence-electron chi connectivity index (χ2n) is 8.23. The Morgan fingerprint density at radius 2 is 1.93 bits per heavy atom. The quantitative estimate of drug-likeness (QED) is 0.724. The predicted octanol–water partition coefficient (Wildman–Crippen LogP) is 3.45. The molecule has 0 radical (unpaired) electrons. The van der Waals surface area contributed by atoms with E-state index >= 15 is 0 Å². The fraction of sp³-hybridized carbons (Fsp3) is 0.429. The third-order valence-electron chi connectivity index (χ3n) is 5.88. The van der Waals surface area contributed by atoms with Gasteiger partial charge in [-0.05, 0) is 68.5 Å². The van der Waals surface area contributed by atoms with Crippen LogP contribution in [0.25, 0.3) is 0 Å². The molecule has 1 aromatic heterocycles. The van der Waals surface area contributed by atoms with Crippen LogP contribution < -0.4 is 4.90 Å². The summed E-state index contributed by atoms with van der Waals surface area (Å²) in [5.74, 6) is 0.337. The summed E-state index contributed by atoms with van der Waals surface area (Å²) in [5.41, 5.74) is 2.75. The van der Waals surface area contributed by atoms with Crippen LogP contribution in [0.1, 0.15) is 42.3 Å². The van der Waals surface area contributed by atoms with Gasteiger partial charge in [0.05, 0.1) is 23.2 Å². The van der Waals surface area contributed by atoms with Crippen LogP contribution in [0.15, 0.2) is 36.7 Å². The van der Waals surface area contributed by atoms with E-state index in [-0.39, 0.29) is 17.6 Å². The molecule has 2 aromatic rings. The molecule has 154 valence electrons. The van der Waals surface area contributed by atoms with Crippen molar-refractivity contribution in [3.63, 3.8) is 0 Å². The number of amides is 1. The molecule has 8 heteroatoms. The largest absolute Gasteiger partial charge is 0.297 e. The summed E-state index contributed by atoms with van der Waals surface area (Å²) in [6.45, 7) is 6.74. The molecule has 1 amide bonds. The van der Waals surface area contributed by atoms with Crippen molar-refractivity contribution in [2.24, 2.45) is 5.92 Å². The topological polar surface area (TPSA) is 70.6 Å². The minimum atomic E-state index is -3.11. The van der Waals surface area contributed by atoms with E-state index in [0.29, 0.717) is 23.7 Å². The predicted molar refractivity (Wildman–Crippen MR) is 114 cm³/mol. The SMILES string of the molecule is CCS(=O)(=O)N1CC(Cc2cncc(N3C(=O)c4ccc(Cl)cc4C3(C)C)c2)C1. The molecule has 0 aliphatic carbocycles. The Bertz CT molecular complexity index is 1080. The first-order valence-corrected chi connectivity index (χ1v) is 11.7. The molecule has 0 N–H and O–H groups in total. The fourth-order valence-electron chi connectivity index (χ4n) is 4.25. The maximum atomic E-state index is 13.1. The fourth-order valence-corrected chi connectivity index (χ4v) is 5.66. The van der Waals surface area contributed by atoms with Crippen molar-refractivity contribution >= 4 is 33.2 Å². The Labute approximate surface area is 176 Å². The molecule has 1 fully saturated rings. The summed E-state index contributed by atoms with van der Waals surface area (Å²) in [5, 5.41) is 0.606. The van der Waals surface area contributed by atoms with Gasteiger partial charge in [-0.15, -0.1) is 0 Å². The molecule has 0 saturated carbocycles. The van der Waals surface area contributed by atoms with Gasteiger partial charge in [0.25, 0.3) is 5.91 Å². The van der Waals surface area contributed by atoms with Crippen molar-refractivity contribution in [3.8, 4) is 0 Å². The number of aromatic nitrogens is 1. The van der Waals surface area contributed by atoms with Crippen molar-refractivity contribution in [2.45, 2.75) is 32.7 Å². The first kappa shape index (κ1) is 20.3. The molecular weight excluding hydrogens is 410 g/mol. The molecule has 2 aliphatic rings. The van der Waals surface area contributed by atoms with Gasteiger partial charge in [-0.3, -0.25) is 14.7 Å². The second-order valence-corrected chi connectivity index (χ2v) is 10.9. The van der Waals surface area contributed by atoms with Crippen LogP contribution >= 0.6 is 11.6 Å². The first-order valence-electron chi connectivity index (χ1n) is 9.70. The Morgan fingerprint density at radius 3 is 2.62 bits per heavy atom. The zero-order valence-corrected chi connectivity index (χ0v) is 18.3. The van der Waals surface area contributed by atoms with Gasteiger partial charge >= 0.3 is 0 Å². The molecule has 3 heterocycles. The lowest BCUT2D eigenvalue weighted by Gasteiger charge is -2.38. The van der Waals surface area contributed by atoms with Gasteiger partial charge in [0, 0.05) is 29.9 Å². The molecule has 0 atom stereocenters. The molecule has 0 bridgehead atoms. The van der Waals surface area contributed by atoms with Crippen molar-refractivity contribution < 1.29 is 13.2 Å². The molecule has 1 saturated heterocycles. The van der Waals surface area contributed by atoms with Gasteiger partial charge in [-0.1, -0.05) is 11.6 Å². The minimum absolute atomic E-state index is 0.0653. The van der Waals surface area contributed by atoms with Crippen LogP contribution in [0.2, 0.25) is 5.02 Å². The average Bonchev–Trinajstić information content (AvgIpc) is 2.83. The maximum Gasteiger partial charge on any atom is 0.259 e. The Balaban J connectivity index is 1.55. The van der Waals surface area contributed by atoms with Gasteiger partial charge in [0.2, 0.25) is 10.0 Å². The number of halogens is 1. The van der Waals surface area contributed by atoms with E-state index in [1.54, 1.807) is 36.4 Å². The molecule has 4 rings (SSSR count). The molecule has 6 nitrogen and oxygen atoms in total. The summed E-state index contributed by atoms with van der Waals surface area (Å²) >= 11 is 6.16. The summed E-state index contributed by atoms with van der Waals surface area (Å²) in [6.07, 6.45) is 4.22. The van der Waals surface area contributed by atoms with E-state index in [2.05, 4.69) is 4.98 Å². The molecule has 1 aromatic carbocycles. The van der Waals surface area contributed by atoms with Crippen molar-refractivity contribution in [1.82, 2.24) is 9.29 Å². The highest BCUT2D eigenvalue weighted by Crippen LogP contribution is 2.42. The third kappa shape index (κ3) is 3.45. The summed E-state index contributed by atoms with van der Waals surface area (Å²) in [4.78, 5) is 19.2. The number of nitrogens with zero attached hydrogens (tertiary/aromatic N) is 3. The number of sulfonamides is 1. The van der Waals surface area contributed by atoms with E-state index in [9.17, 15) is 13.2 Å².